The van der Waals surface area contributed by atoms with Crippen LogP contribution in [0.1, 0.15) is 27.2 Å². The SMILES string of the molecule is CSCC[C@H](NC(=O)[C@H](N)C(C)(C)C)C(=O)O. The van der Waals surface area contributed by atoms with E-state index in [1.807, 2.05) is 27.0 Å². The first-order valence-electron chi connectivity index (χ1n) is 5.48. The molecule has 0 aromatic heterocycles. The minimum atomic E-state index is -1.02. The summed E-state index contributed by atoms with van der Waals surface area (Å²) in [6, 6.07) is -1.57. The van der Waals surface area contributed by atoms with Crippen LogP contribution in [0, 0.1) is 5.41 Å². The molecule has 4 N–H and O–H groups in total. The Bertz CT molecular complexity index is 276. The molecule has 2 atom stereocenters. The highest BCUT2D eigenvalue weighted by molar-refractivity contribution is 7.98. The Morgan fingerprint density at radius 2 is 1.94 bits per heavy atom. The molecular weight excluding hydrogens is 240 g/mol. The van der Waals surface area contributed by atoms with Crippen LogP contribution in [0.5, 0.6) is 0 Å². The highest BCUT2D eigenvalue weighted by Crippen LogP contribution is 2.17. The Balaban J connectivity index is 4.45. The van der Waals surface area contributed by atoms with Crippen molar-refractivity contribution in [2.24, 2.45) is 11.1 Å². The summed E-state index contributed by atoms with van der Waals surface area (Å²) in [5.74, 6) is -0.748. The van der Waals surface area contributed by atoms with Crippen LogP contribution >= 0.6 is 11.8 Å². The Morgan fingerprint density at radius 1 is 1.41 bits per heavy atom. The summed E-state index contributed by atoms with van der Waals surface area (Å²) >= 11 is 1.54. The van der Waals surface area contributed by atoms with Gasteiger partial charge in [-0.15, -0.1) is 0 Å². The Kier molecular flexibility index (Phi) is 6.56. The first-order valence-corrected chi connectivity index (χ1v) is 6.87. The van der Waals surface area contributed by atoms with Gasteiger partial charge in [0.15, 0.2) is 0 Å². The van der Waals surface area contributed by atoms with Gasteiger partial charge in [-0.1, -0.05) is 20.8 Å². The van der Waals surface area contributed by atoms with Gasteiger partial charge < -0.3 is 16.2 Å². The molecule has 17 heavy (non-hydrogen) atoms. The van der Waals surface area contributed by atoms with E-state index < -0.39 is 24.0 Å². The van der Waals surface area contributed by atoms with Crippen LogP contribution in [0.2, 0.25) is 0 Å². The van der Waals surface area contributed by atoms with E-state index in [1.54, 1.807) is 11.8 Å². The highest BCUT2D eigenvalue weighted by Gasteiger charge is 2.30. The van der Waals surface area contributed by atoms with Crippen molar-refractivity contribution in [3.63, 3.8) is 0 Å². The van der Waals surface area contributed by atoms with E-state index in [2.05, 4.69) is 5.32 Å². The lowest BCUT2D eigenvalue weighted by Gasteiger charge is -2.27. The molecule has 6 heteroatoms. The maximum absolute atomic E-state index is 11.8. The zero-order valence-electron chi connectivity index (χ0n) is 10.8. The number of hydrogen-bond acceptors (Lipinski definition) is 4. The number of hydrogen-bond donors (Lipinski definition) is 3. The fourth-order valence-corrected chi connectivity index (χ4v) is 1.62. The first kappa shape index (κ1) is 16.2. The molecular formula is C11H22N2O3S. The molecule has 0 aromatic rings. The fraction of sp³-hybridized carbons (Fsp3) is 0.818. The molecule has 100 valence electrons. The number of aliphatic carboxylic acids is 1. The number of amides is 1. The maximum Gasteiger partial charge on any atom is 0.326 e. The second-order valence-electron chi connectivity index (χ2n) is 5.02. The molecule has 0 aliphatic heterocycles. The van der Waals surface area contributed by atoms with E-state index in [9.17, 15) is 9.59 Å². The zero-order chi connectivity index (χ0) is 13.6. The van der Waals surface area contributed by atoms with Gasteiger partial charge in [-0.3, -0.25) is 4.79 Å². The maximum atomic E-state index is 11.8. The summed E-state index contributed by atoms with van der Waals surface area (Å²) in [6.07, 6.45) is 2.29. The number of carboxylic acids is 1. The van der Waals surface area contributed by atoms with Gasteiger partial charge in [0.1, 0.15) is 6.04 Å². The fourth-order valence-electron chi connectivity index (χ4n) is 1.15. The summed E-state index contributed by atoms with van der Waals surface area (Å²) in [4.78, 5) is 22.7. The lowest BCUT2D eigenvalue weighted by Crippen LogP contribution is -2.53. The van der Waals surface area contributed by atoms with E-state index >= 15 is 0 Å². The van der Waals surface area contributed by atoms with Crippen LogP contribution in [0.15, 0.2) is 0 Å². The second-order valence-corrected chi connectivity index (χ2v) is 6.01. The van der Waals surface area contributed by atoms with Gasteiger partial charge in [-0.25, -0.2) is 4.79 Å². The van der Waals surface area contributed by atoms with Crippen LogP contribution in [-0.4, -0.2) is 41.1 Å². The minimum Gasteiger partial charge on any atom is -0.480 e. The van der Waals surface area contributed by atoms with Crippen molar-refractivity contribution >= 4 is 23.6 Å². The van der Waals surface area contributed by atoms with Gasteiger partial charge in [-0.2, -0.15) is 11.8 Å². The largest absolute Gasteiger partial charge is 0.480 e. The third-order valence-electron chi connectivity index (χ3n) is 2.44. The van der Waals surface area contributed by atoms with Crippen molar-refractivity contribution in [1.82, 2.24) is 5.32 Å². The molecule has 0 rings (SSSR count). The quantitative estimate of drug-likeness (QED) is 0.654. The minimum absolute atomic E-state index is 0.382. The molecule has 0 heterocycles. The predicted octanol–water partition coefficient (Wildman–Crippen LogP) is 0.682. The molecule has 0 spiro atoms. The average Bonchev–Trinajstić information content (AvgIpc) is 2.20. The van der Waals surface area contributed by atoms with Crippen molar-refractivity contribution in [2.45, 2.75) is 39.3 Å². The Labute approximate surface area is 107 Å². The number of nitrogens with one attached hydrogen (secondary N) is 1. The lowest BCUT2D eigenvalue weighted by molar-refractivity contribution is -0.142. The highest BCUT2D eigenvalue weighted by atomic mass is 32.2. The van der Waals surface area contributed by atoms with E-state index in [-0.39, 0.29) is 5.41 Å². The molecule has 0 bridgehead atoms. The molecule has 5 nitrogen and oxygen atoms in total. The van der Waals surface area contributed by atoms with Crippen molar-refractivity contribution < 1.29 is 14.7 Å². The summed E-state index contributed by atoms with van der Waals surface area (Å²) in [7, 11) is 0. The number of thioether (sulfide) groups is 1. The summed E-state index contributed by atoms with van der Waals surface area (Å²) in [5, 5.41) is 11.4. The first-order chi connectivity index (χ1) is 7.70. The van der Waals surface area contributed by atoms with Gasteiger partial charge in [-0.05, 0) is 23.8 Å². The number of nitrogens with two attached hydrogens (primary N) is 1. The van der Waals surface area contributed by atoms with Crippen LogP contribution < -0.4 is 11.1 Å². The number of carbonyl (C=O) groups is 2. The summed E-state index contributed by atoms with van der Waals surface area (Å²) in [5.41, 5.74) is 5.38. The average molecular weight is 262 g/mol. The monoisotopic (exact) mass is 262 g/mol. The molecule has 0 aliphatic rings. The van der Waals surface area contributed by atoms with Crippen molar-refractivity contribution in [2.75, 3.05) is 12.0 Å². The van der Waals surface area contributed by atoms with Gasteiger partial charge in [0.25, 0.3) is 0 Å². The third kappa shape index (κ3) is 5.93. The number of rotatable bonds is 6. The molecule has 0 radical (unpaired) electrons. The second kappa shape index (κ2) is 6.86. The summed E-state index contributed by atoms with van der Waals surface area (Å²) in [6.45, 7) is 5.53. The third-order valence-corrected chi connectivity index (χ3v) is 3.08. The Morgan fingerprint density at radius 3 is 2.29 bits per heavy atom. The normalized spacial score (nSPS) is 15.1. The lowest BCUT2D eigenvalue weighted by atomic mass is 9.87. The molecule has 0 fully saturated rings. The molecule has 0 saturated carbocycles. The smallest absolute Gasteiger partial charge is 0.326 e. The van der Waals surface area contributed by atoms with Crippen LogP contribution in [0.25, 0.3) is 0 Å². The van der Waals surface area contributed by atoms with E-state index in [4.69, 9.17) is 10.8 Å². The van der Waals surface area contributed by atoms with Gasteiger partial charge >= 0.3 is 5.97 Å². The van der Waals surface area contributed by atoms with Crippen LogP contribution in [0.4, 0.5) is 0 Å². The van der Waals surface area contributed by atoms with E-state index in [0.29, 0.717) is 12.2 Å². The zero-order valence-corrected chi connectivity index (χ0v) is 11.6. The van der Waals surface area contributed by atoms with Gasteiger partial charge in [0.05, 0.1) is 6.04 Å². The number of carbonyl (C=O) groups excluding carboxylic acids is 1. The topological polar surface area (TPSA) is 92.4 Å². The van der Waals surface area contributed by atoms with Crippen LogP contribution in [-0.2, 0) is 9.59 Å². The predicted molar refractivity (Wildman–Crippen MR) is 70.0 cm³/mol. The van der Waals surface area contributed by atoms with Crippen molar-refractivity contribution in [1.29, 1.82) is 0 Å². The van der Waals surface area contributed by atoms with E-state index in [0.717, 1.165) is 0 Å². The van der Waals surface area contributed by atoms with Gasteiger partial charge in [0.2, 0.25) is 5.91 Å². The Hall–Kier alpha value is -0.750. The van der Waals surface area contributed by atoms with Crippen molar-refractivity contribution in [3.8, 4) is 0 Å². The van der Waals surface area contributed by atoms with E-state index in [1.165, 1.54) is 0 Å². The number of carboxylic acid groups (broad SMARTS) is 1. The summed E-state index contributed by atoms with van der Waals surface area (Å²) < 4.78 is 0. The molecule has 0 aliphatic carbocycles. The van der Waals surface area contributed by atoms with Crippen molar-refractivity contribution in [3.05, 3.63) is 0 Å². The molecule has 0 saturated heterocycles. The molecule has 0 unspecified atom stereocenters. The molecule has 1 amide bonds. The van der Waals surface area contributed by atoms with Gasteiger partial charge in [0, 0.05) is 0 Å². The molecule has 0 aromatic carbocycles. The van der Waals surface area contributed by atoms with Crippen LogP contribution in [0.3, 0.4) is 0 Å². The standard InChI is InChI=1S/C11H22N2O3S/c1-11(2,3)8(12)9(14)13-7(10(15)16)5-6-17-4/h7-8H,5-6,12H2,1-4H3,(H,13,14)(H,15,16)/t7-,8-/m0/s1.